The maximum atomic E-state index is 12.3. The van der Waals surface area contributed by atoms with Gasteiger partial charge in [0.1, 0.15) is 11.3 Å². The number of thiocarbonyl (C=S) groups is 1. The van der Waals surface area contributed by atoms with E-state index in [1.807, 2.05) is 48.5 Å². The summed E-state index contributed by atoms with van der Waals surface area (Å²) >= 11 is 8.70. The number of benzene rings is 3. The van der Waals surface area contributed by atoms with Gasteiger partial charge in [0.2, 0.25) is 11.8 Å². The van der Waals surface area contributed by atoms with E-state index in [0.29, 0.717) is 17.6 Å². The van der Waals surface area contributed by atoms with Crippen molar-refractivity contribution in [2.75, 3.05) is 12.4 Å². The first-order valence-corrected chi connectivity index (χ1v) is 12.7. The molecule has 4 rings (SSSR count). The number of fused-ring (bicyclic) bond motifs is 1. The van der Waals surface area contributed by atoms with Crippen molar-refractivity contribution in [1.29, 1.82) is 0 Å². The van der Waals surface area contributed by atoms with Crippen LogP contribution in [0.15, 0.2) is 75.6 Å². The van der Waals surface area contributed by atoms with E-state index in [9.17, 15) is 4.79 Å². The molecule has 0 aliphatic rings. The van der Waals surface area contributed by atoms with Crippen molar-refractivity contribution < 1.29 is 13.9 Å². The van der Waals surface area contributed by atoms with E-state index in [2.05, 4.69) is 57.5 Å². The Kier molecular flexibility index (Phi) is 8.18. The first kappa shape index (κ1) is 25.6. The number of aromatic nitrogens is 1. The molecule has 0 aliphatic carbocycles. The molecule has 0 saturated heterocycles. The maximum Gasteiger partial charge on any atom is 0.250 e. The van der Waals surface area contributed by atoms with Gasteiger partial charge in [-0.15, -0.1) is 0 Å². The Balaban J connectivity index is 1.38. The van der Waals surface area contributed by atoms with Crippen LogP contribution in [0.2, 0.25) is 0 Å². The van der Waals surface area contributed by atoms with E-state index in [4.69, 9.17) is 21.4 Å². The van der Waals surface area contributed by atoms with Gasteiger partial charge < -0.3 is 14.5 Å². The van der Waals surface area contributed by atoms with Crippen LogP contribution >= 0.6 is 28.1 Å². The smallest absolute Gasteiger partial charge is 0.250 e. The molecule has 184 valence electrons. The van der Waals surface area contributed by atoms with E-state index in [-0.39, 0.29) is 11.0 Å². The van der Waals surface area contributed by atoms with Gasteiger partial charge in [0.05, 0.1) is 7.11 Å². The highest BCUT2D eigenvalue weighted by molar-refractivity contribution is 9.10. The van der Waals surface area contributed by atoms with E-state index >= 15 is 0 Å². The fourth-order valence-electron chi connectivity index (χ4n) is 3.62. The van der Waals surface area contributed by atoms with Crippen molar-refractivity contribution in [2.45, 2.75) is 26.2 Å². The molecule has 0 saturated carbocycles. The summed E-state index contributed by atoms with van der Waals surface area (Å²) in [6.45, 7) is 4.38. The van der Waals surface area contributed by atoms with Gasteiger partial charge in [-0.1, -0.05) is 35.8 Å². The van der Waals surface area contributed by atoms with Gasteiger partial charge in [-0.05, 0) is 90.8 Å². The Morgan fingerprint density at radius 2 is 1.94 bits per heavy atom. The largest absolute Gasteiger partial charge is 0.496 e. The van der Waals surface area contributed by atoms with Gasteiger partial charge in [-0.25, -0.2) is 4.98 Å². The second-order valence-electron chi connectivity index (χ2n) is 8.30. The number of oxazole rings is 1. The fraction of sp³-hybridized carbons (Fsp3) is 0.179. The second kappa shape index (κ2) is 11.5. The Labute approximate surface area is 223 Å². The second-order valence-corrected chi connectivity index (χ2v) is 9.62. The molecule has 4 aromatic rings. The van der Waals surface area contributed by atoms with Crippen LogP contribution in [0, 0.1) is 0 Å². The molecule has 1 amide bonds. The quantitative estimate of drug-likeness (QED) is 0.181. The molecule has 8 heteroatoms. The van der Waals surface area contributed by atoms with Crippen molar-refractivity contribution >= 4 is 62.0 Å². The maximum absolute atomic E-state index is 12.3. The predicted molar refractivity (Wildman–Crippen MR) is 152 cm³/mol. The summed E-state index contributed by atoms with van der Waals surface area (Å²) in [5, 5.41) is 5.85. The fourth-order valence-corrected chi connectivity index (χ4v) is 4.22. The third kappa shape index (κ3) is 6.19. The zero-order chi connectivity index (χ0) is 25.7. The third-order valence-electron chi connectivity index (χ3n) is 5.83. The topological polar surface area (TPSA) is 76.4 Å². The number of amides is 1. The van der Waals surface area contributed by atoms with Gasteiger partial charge in [0.15, 0.2) is 10.7 Å². The minimum atomic E-state index is -0.352. The number of nitrogens with zero attached hydrogens (tertiary/aromatic N) is 1. The van der Waals surface area contributed by atoms with Crippen molar-refractivity contribution in [3.63, 3.8) is 0 Å². The van der Waals surface area contributed by atoms with Crippen LogP contribution in [0.25, 0.3) is 28.6 Å². The number of ether oxygens (including phenoxy) is 1. The normalized spacial score (nSPS) is 12.0. The molecule has 1 heterocycles. The van der Waals surface area contributed by atoms with Crippen LogP contribution in [-0.4, -0.2) is 23.1 Å². The Morgan fingerprint density at radius 3 is 2.67 bits per heavy atom. The zero-order valence-electron chi connectivity index (χ0n) is 20.2. The lowest BCUT2D eigenvalue weighted by Gasteiger charge is -2.09. The number of hydrogen-bond acceptors (Lipinski definition) is 5. The average molecular weight is 565 g/mol. The highest BCUT2D eigenvalue weighted by atomic mass is 79.9. The molecule has 0 spiro atoms. The van der Waals surface area contributed by atoms with Crippen LogP contribution in [0.3, 0.4) is 0 Å². The molecule has 1 unspecified atom stereocenters. The first-order valence-electron chi connectivity index (χ1n) is 11.5. The highest BCUT2D eigenvalue weighted by Crippen LogP contribution is 2.28. The zero-order valence-corrected chi connectivity index (χ0v) is 22.6. The van der Waals surface area contributed by atoms with E-state index in [1.165, 1.54) is 11.6 Å². The molecule has 0 bridgehead atoms. The Morgan fingerprint density at radius 1 is 1.17 bits per heavy atom. The lowest BCUT2D eigenvalue weighted by atomic mass is 9.98. The molecule has 3 aromatic carbocycles. The molecule has 36 heavy (non-hydrogen) atoms. The average Bonchev–Trinajstić information content (AvgIpc) is 3.31. The molecule has 1 aromatic heterocycles. The Hall–Kier alpha value is -3.49. The first-order chi connectivity index (χ1) is 17.4. The lowest BCUT2D eigenvalue weighted by molar-refractivity contribution is -0.115. The van der Waals surface area contributed by atoms with Gasteiger partial charge >= 0.3 is 0 Å². The van der Waals surface area contributed by atoms with E-state index in [0.717, 1.165) is 38.8 Å². The number of carbonyl (C=O) groups excluding carboxylic acids is 1. The molecule has 2 N–H and O–H groups in total. The van der Waals surface area contributed by atoms with E-state index in [1.54, 1.807) is 13.2 Å². The minimum absolute atomic E-state index is 0.193. The van der Waals surface area contributed by atoms with Gasteiger partial charge in [-0.3, -0.25) is 10.1 Å². The predicted octanol–water partition coefficient (Wildman–Crippen LogP) is 7.31. The summed E-state index contributed by atoms with van der Waals surface area (Å²) < 4.78 is 12.2. The SMILES string of the molecule is CCC(C)c1ccc2oc(-c3ccc(NC(=S)NC(=O)/C=C/c4cc(Br)ccc4OC)cc3)nc2c1. The number of nitrogens with one attached hydrogen (secondary N) is 2. The van der Waals surface area contributed by atoms with Crippen molar-refractivity contribution in [2.24, 2.45) is 0 Å². The summed E-state index contributed by atoms with van der Waals surface area (Å²) in [7, 11) is 1.58. The van der Waals surface area contributed by atoms with Crippen LogP contribution in [0.5, 0.6) is 5.75 Å². The molecular formula is C28H26BrN3O3S. The summed E-state index contributed by atoms with van der Waals surface area (Å²) in [5.41, 5.74) is 5.22. The van der Waals surface area contributed by atoms with Gasteiger partial charge in [0.25, 0.3) is 0 Å². The number of hydrogen-bond donors (Lipinski definition) is 2. The highest BCUT2D eigenvalue weighted by Gasteiger charge is 2.11. The van der Waals surface area contributed by atoms with Crippen molar-refractivity contribution in [1.82, 2.24) is 10.3 Å². The van der Waals surface area contributed by atoms with Gasteiger partial charge in [-0.2, -0.15) is 0 Å². The van der Waals surface area contributed by atoms with E-state index < -0.39 is 0 Å². The van der Waals surface area contributed by atoms with Crippen molar-refractivity contribution in [3.8, 4) is 17.2 Å². The number of carbonyl (C=O) groups is 1. The van der Waals surface area contributed by atoms with Crippen LogP contribution in [0.1, 0.15) is 37.3 Å². The number of methoxy groups -OCH3 is 1. The standard InChI is InChI=1S/C28H26BrN3O3S/c1-4-17(2)19-7-12-25-23(16-19)31-27(35-25)18-5-10-22(11-6-18)30-28(36)32-26(33)14-8-20-15-21(29)9-13-24(20)34-3/h5-17H,4H2,1-3H3,(H2,30,32,33,36)/b14-8+. The van der Waals surface area contributed by atoms with Gasteiger partial charge in [0, 0.05) is 27.4 Å². The van der Waals surface area contributed by atoms with Crippen LogP contribution in [0.4, 0.5) is 5.69 Å². The molecule has 6 nitrogen and oxygen atoms in total. The summed E-state index contributed by atoms with van der Waals surface area (Å²) in [4.78, 5) is 17.0. The summed E-state index contributed by atoms with van der Waals surface area (Å²) in [6, 6.07) is 19.2. The molecular weight excluding hydrogens is 538 g/mol. The van der Waals surface area contributed by atoms with Crippen LogP contribution < -0.4 is 15.4 Å². The minimum Gasteiger partial charge on any atom is -0.496 e. The molecule has 0 radical (unpaired) electrons. The van der Waals surface area contributed by atoms with Crippen molar-refractivity contribution in [3.05, 3.63) is 82.3 Å². The molecule has 0 aliphatic heterocycles. The number of halogens is 1. The third-order valence-corrected chi connectivity index (χ3v) is 6.52. The number of rotatable bonds is 7. The molecule has 0 fully saturated rings. The molecule has 1 atom stereocenters. The lowest BCUT2D eigenvalue weighted by Crippen LogP contribution is -2.32. The van der Waals surface area contributed by atoms with Crippen LogP contribution in [-0.2, 0) is 4.79 Å². The summed E-state index contributed by atoms with van der Waals surface area (Å²) in [6.07, 6.45) is 4.15. The monoisotopic (exact) mass is 563 g/mol. The Bertz CT molecular complexity index is 1430. The number of anilines is 1. The summed E-state index contributed by atoms with van der Waals surface area (Å²) in [5.74, 6) is 1.34.